The smallest absolute Gasteiger partial charge is 0.370 e. The highest BCUT2D eigenvalue weighted by Gasteiger charge is 2.30. The molecule has 1 aromatic rings. The minimum absolute atomic E-state index is 0. The van der Waals surface area contributed by atoms with Crippen LogP contribution in [0.2, 0.25) is 0 Å². The number of hydrogen-bond donors (Lipinski definition) is 2. The van der Waals surface area contributed by atoms with E-state index in [1.165, 1.54) is 19.2 Å². The number of nitrogens with two attached hydrogens (primary N) is 1. The first-order chi connectivity index (χ1) is 8.88. The van der Waals surface area contributed by atoms with Crippen molar-refractivity contribution in [1.29, 1.82) is 0 Å². The standard InChI is InChI=1S/C12H15F3N2O2.ClH/c1-19-10(6-16)11(18)17-7-8-3-2-4-9(5-8)12(13,14)15;/h2-5,10H,6-7,16H2,1H3,(H,17,18);1H. The molecule has 114 valence electrons. The molecule has 0 saturated carbocycles. The molecule has 1 aromatic carbocycles. The maximum Gasteiger partial charge on any atom is 0.416 e. The van der Waals surface area contributed by atoms with Gasteiger partial charge in [0.2, 0.25) is 0 Å². The molecule has 0 aromatic heterocycles. The third-order valence-electron chi connectivity index (χ3n) is 2.51. The van der Waals surface area contributed by atoms with Crippen LogP contribution in [0.25, 0.3) is 0 Å². The Hall–Kier alpha value is -1.31. The van der Waals surface area contributed by atoms with Gasteiger partial charge in [-0.15, -0.1) is 12.4 Å². The lowest BCUT2D eigenvalue weighted by molar-refractivity contribution is -0.137. The number of methoxy groups -OCH3 is 1. The van der Waals surface area contributed by atoms with E-state index >= 15 is 0 Å². The van der Waals surface area contributed by atoms with Gasteiger partial charge >= 0.3 is 6.18 Å². The molecule has 8 heteroatoms. The molecule has 1 unspecified atom stereocenters. The second kappa shape index (κ2) is 8.08. The van der Waals surface area contributed by atoms with Crippen LogP contribution < -0.4 is 11.1 Å². The number of alkyl halides is 3. The summed E-state index contributed by atoms with van der Waals surface area (Å²) >= 11 is 0. The van der Waals surface area contributed by atoms with Crippen LogP contribution >= 0.6 is 12.4 Å². The number of carbonyl (C=O) groups excluding carboxylic acids is 1. The third kappa shape index (κ3) is 5.36. The van der Waals surface area contributed by atoms with Gasteiger partial charge in [-0.1, -0.05) is 12.1 Å². The summed E-state index contributed by atoms with van der Waals surface area (Å²) in [4.78, 5) is 11.5. The molecule has 1 amide bonds. The van der Waals surface area contributed by atoms with Crippen molar-refractivity contribution in [1.82, 2.24) is 5.32 Å². The number of nitrogens with one attached hydrogen (secondary N) is 1. The Kier molecular flexibility index (Phi) is 7.55. The molecule has 20 heavy (non-hydrogen) atoms. The second-order valence-electron chi connectivity index (χ2n) is 3.88. The maximum atomic E-state index is 12.5. The van der Waals surface area contributed by atoms with Crippen molar-refractivity contribution in [3.8, 4) is 0 Å². The van der Waals surface area contributed by atoms with Gasteiger partial charge in [-0.2, -0.15) is 13.2 Å². The van der Waals surface area contributed by atoms with E-state index in [2.05, 4.69) is 5.32 Å². The molecule has 1 atom stereocenters. The van der Waals surface area contributed by atoms with Gasteiger partial charge in [0.15, 0.2) is 0 Å². The monoisotopic (exact) mass is 312 g/mol. The molecule has 0 spiro atoms. The Morgan fingerprint density at radius 1 is 1.45 bits per heavy atom. The summed E-state index contributed by atoms with van der Waals surface area (Å²) in [5.74, 6) is -0.456. The largest absolute Gasteiger partial charge is 0.416 e. The molecule has 0 fully saturated rings. The number of benzene rings is 1. The summed E-state index contributed by atoms with van der Waals surface area (Å²) in [7, 11) is 1.33. The summed E-state index contributed by atoms with van der Waals surface area (Å²) in [6.07, 6.45) is -5.20. The lowest BCUT2D eigenvalue weighted by Gasteiger charge is -2.13. The van der Waals surface area contributed by atoms with Crippen molar-refractivity contribution in [2.24, 2.45) is 5.73 Å². The van der Waals surface area contributed by atoms with E-state index in [-0.39, 0.29) is 25.5 Å². The van der Waals surface area contributed by atoms with Crippen LogP contribution in [0, 0.1) is 0 Å². The predicted octanol–water partition coefficient (Wildman–Crippen LogP) is 1.72. The minimum Gasteiger partial charge on any atom is -0.370 e. The average molecular weight is 313 g/mol. The van der Waals surface area contributed by atoms with Crippen LogP contribution in [0.15, 0.2) is 24.3 Å². The molecule has 0 saturated heterocycles. The number of ether oxygens (including phenoxy) is 1. The first-order valence-electron chi connectivity index (χ1n) is 5.55. The van der Waals surface area contributed by atoms with Crippen molar-refractivity contribution in [3.63, 3.8) is 0 Å². The van der Waals surface area contributed by atoms with Crippen molar-refractivity contribution >= 4 is 18.3 Å². The minimum atomic E-state index is -4.40. The molecule has 1 rings (SSSR count). The van der Waals surface area contributed by atoms with Crippen molar-refractivity contribution in [3.05, 3.63) is 35.4 Å². The molecule has 3 N–H and O–H groups in total. The van der Waals surface area contributed by atoms with Gasteiger partial charge in [-0.25, -0.2) is 0 Å². The van der Waals surface area contributed by atoms with Crippen molar-refractivity contribution in [2.75, 3.05) is 13.7 Å². The molecular formula is C12H16ClF3N2O2. The summed E-state index contributed by atoms with van der Waals surface area (Å²) < 4.78 is 42.3. The first kappa shape index (κ1) is 18.7. The molecule has 0 aliphatic rings. The Labute approximate surface area is 120 Å². The topological polar surface area (TPSA) is 64.3 Å². The zero-order valence-electron chi connectivity index (χ0n) is 10.7. The van der Waals surface area contributed by atoms with Crippen molar-refractivity contribution in [2.45, 2.75) is 18.8 Å². The highest BCUT2D eigenvalue weighted by Crippen LogP contribution is 2.29. The second-order valence-corrected chi connectivity index (χ2v) is 3.88. The summed E-state index contributed by atoms with van der Waals surface area (Å²) in [5, 5.41) is 2.47. The van der Waals surface area contributed by atoms with Crippen LogP contribution in [0.5, 0.6) is 0 Å². The highest BCUT2D eigenvalue weighted by atomic mass is 35.5. The zero-order chi connectivity index (χ0) is 14.5. The van der Waals surface area contributed by atoms with E-state index in [4.69, 9.17) is 10.5 Å². The third-order valence-corrected chi connectivity index (χ3v) is 2.51. The lowest BCUT2D eigenvalue weighted by Crippen LogP contribution is -2.40. The fraction of sp³-hybridized carbons (Fsp3) is 0.417. The fourth-order valence-corrected chi connectivity index (χ4v) is 1.47. The molecule has 4 nitrogen and oxygen atoms in total. The predicted molar refractivity (Wildman–Crippen MR) is 70.4 cm³/mol. The van der Waals surface area contributed by atoms with E-state index in [0.717, 1.165) is 12.1 Å². The fourth-order valence-electron chi connectivity index (χ4n) is 1.47. The Bertz CT molecular complexity index is 437. The molecule has 0 aliphatic carbocycles. The summed E-state index contributed by atoms with van der Waals surface area (Å²) in [5.41, 5.74) is 4.91. The molecule has 0 heterocycles. The van der Waals surface area contributed by atoms with Crippen LogP contribution in [0.3, 0.4) is 0 Å². The number of rotatable bonds is 5. The Balaban J connectivity index is 0.00000361. The van der Waals surface area contributed by atoms with Crippen LogP contribution in [-0.2, 0) is 22.3 Å². The Morgan fingerprint density at radius 3 is 2.60 bits per heavy atom. The van der Waals surface area contributed by atoms with Gasteiger partial charge in [-0.05, 0) is 17.7 Å². The van der Waals surface area contributed by atoms with Crippen LogP contribution in [0.4, 0.5) is 13.2 Å². The average Bonchev–Trinajstić information content (AvgIpc) is 2.37. The quantitative estimate of drug-likeness (QED) is 0.870. The van der Waals surface area contributed by atoms with E-state index in [1.807, 2.05) is 0 Å². The van der Waals surface area contributed by atoms with Gasteiger partial charge in [0, 0.05) is 20.2 Å². The number of hydrogen-bond acceptors (Lipinski definition) is 3. The summed E-state index contributed by atoms with van der Waals surface area (Å²) in [6, 6.07) is 4.76. The van der Waals surface area contributed by atoms with Gasteiger partial charge in [0.25, 0.3) is 5.91 Å². The van der Waals surface area contributed by atoms with Gasteiger partial charge < -0.3 is 15.8 Å². The van der Waals surface area contributed by atoms with E-state index in [1.54, 1.807) is 0 Å². The normalized spacial score (nSPS) is 12.4. The maximum absolute atomic E-state index is 12.5. The van der Waals surface area contributed by atoms with Gasteiger partial charge in [0.05, 0.1) is 5.56 Å². The number of halogens is 4. The number of carbonyl (C=O) groups is 1. The van der Waals surface area contributed by atoms with E-state index in [0.29, 0.717) is 5.56 Å². The lowest BCUT2D eigenvalue weighted by atomic mass is 10.1. The molecular weight excluding hydrogens is 297 g/mol. The SMILES string of the molecule is COC(CN)C(=O)NCc1cccc(C(F)(F)F)c1.Cl. The first-order valence-corrected chi connectivity index (χ1v) is 5.55. The number of amides is 1. The van der Waals surface area contributed by atoms with E-state index < -0.39 is 23.8 Å². The van der Waals surface area contributed by atoms with Gasteiger partial charge in [0.1, 0.15) is 6.10 Å². The molecule has 0 aliphatic heterocycles. The van der Waals surface area contributed by atoms with Crippen LogP contribution in [0.1, 0.15) is 11.1 Å². The van der Waals surface area contributed by atoms with Crippen molar-refractivity contribution < 1.29 is 22.7 Å². The summed E-state index contributed by atoms with van der Waals surface area (Å²) in [6.45, 7) is -0.00641. The Morgan fingerprint density at radius 2 is 2.10 bits per heavy atom. The molecule has 0 radical (unpaired) electrons. The molecule has 0 bridgehead atoms. The highest BCUT2D eigenvalue weighted by molar-refractivity contribution is 5.85. The van der Waals surface area contributed by atoms with Gasteiger partial charge in [-0.3, -0.25) is 4.79 Å². The van der Waals surface area contributed by atoms with Crippen LogP contribution in [-0.4, -0.2) is 25.7 Å². The van der Waals surface area contributed by atoms with E-state index in [9.17, 15) is 18.0 Å². The zero-order valence-corrected chi connectivity index (χ0v) is 11.6.